The highest BCUT2D eigenvalue weighted by atomic mass is 16.5. The van der Waals surface area contributed by atoms with Crippen molar-refractivity contribution in [1.29, 1.82) is 0 Å². The van der Waals surface area contributed by atoms with E-state index in [4.69, 9.17) is 0 Å². The van der Waals surface area contributed by atoms with E-state index in [9.17, 15) is 14.7 Å². The molecule has 0 spiro atoms. The van der Waals surface area contributed by atoms with Crippen molar-refractivity contribution in [3.63, 3.8) is 0 Å². The van der Waals surface area contributed by atoms with Gasteiger partial charge in [-0.2, -0.15) is 0 Å². The predicted octanol–water partition coefficient (Wildman–Crippen LogP) is 1.19. The van der Waals surface area contributed by atoms with E-state index in [0.29, 0.717) is 18.3 Å². The lowest BCUT2D eigenvalue weighted by Crippen LogP contribution is -2.49. The fourth-order valence-electron chi connectivity index (χ4n) is 3.95. The molecule has 5 nitrogen and oxygen atoms in total. The summed E-state index contributed by atoms with van der Waals surface area (Å²) in [6.45, 7) is 1.50. The number of aliphatic hydroxyl groups excluding tert-OH is 1. The number of likely N-dealkylation sites (N-methyl/N-ethyl adjacent to an activating group) is 1. The zero-order valence-electron chi connectivity index (χ0n) is 12.5. The molecule has 2 aliphatic carbocycles. The summed E-state index contributed by atoms with van der Waals surface area (Å²) < 4.78 is 4.67. The van der Waals surface area contributed by atoms with Gasteiger partial charge in [0.1, 0.15) is 0 Å². The summed E-state index contributed by atoms with van der Waals surface area (Å²) in [7, 11) is 2.84. The van der Waals surface area contributed by atoms with Crippen molar-refractivity contribution in [3.8, 4) is 0 Å². The summed E-state index contributed by atoms with van der Waals surface area (Å²) in [6.07, 6.45) is 4.50. The number of amides is 1. The summed E-state index contributed by atoms with van der Waals surface area (Å²) in [5.41, 5.74) is 0. The van der Waals surface area contributed by atoms with Gasteiger partial charge in [0.2, 0.25) is 5.91 Å². The smallest absolute Gasteiger partial charge is 0.331 e. The van der Waals surface area contributed by atoms with Crippen molar-refractivity contribution in [2.24, 2.45) is 17.8 Å². The maximum absolute atomic E-state index is 12.3. The number of rotatable bonds is 5. The van der Waals surface area contributed by atoms with E-state index in [2.05, 4.69) is 4.74 Å². The fraction of sp³-hybridized carbons (Fsp3) is 0.867. The minimum Gasteiger partial charge on any atom is -0.467 e. The standard InChI is InChI=1S/C15H25NO4/c1-9(17)14(15(19)20-3)16(2)13(18)8-12-7-10-4-5-11(12)6-10/h9-12,14,17H,4-8H2,1-3H3. The highest BCUT2D eigenvalue weighted by molar-refractivity contribution is 5.84. The first kappa shape index (κ1) is 15.3. The van der Waals surface area contributed by atoms with Crippen LogP contribution in [0.1, 0.15) is 39.0 Å². The summed E-state index contributed by atoms with van der Waals surface area (Å²) in [5, 5.41) is 9.70. The quantitative estimate of drug-likeness (QED) is 0.770. The lowest BCUT2D eigenvalue weighted by molar-refractivity contribution is -0.156. The second kappa shape index (κ2) is 6.12. The maximum Gasteiger partial charge on any atom is 0.331 e. The topological polar surface area (TPSA) is 66.8 Å². The minimum atomic E-state index is -0.934. The van der Waals surface area contributed by atoms with E-state index in [0.717, 1.165) is 12.3 Å². The van der Waals surface area contributed by atoms with Gasteiger partial charge >= 0.3 is 5.97 Å². The molecule has 0 aromatic carbocycles. The van der Waals surface area contributed by atoms with Gasteiger partial charge in [0.25, 0.3) is 0 Å². The third kappa shape index (κ3) is 2.97. The molecular weight excluding hydrogens is 258 g/mol. The van der Waals surface area contributed by atoms with Crippen molar-refractivity contribution >= 4 is 11.9 Å². The van der Waals surface area contributed by atoms with E-state index in [1.165, 1.54) is 38.2 Å². The Kier molecular flexibility index (Phi) is 4.68. The molecule has 2 rings (SSSR count). The number of methoxy groups -OCH3 is 1. The molecule has 2 bridgehead atoms. The number of hydrogen-bond acceptors (Lipinski definition) is 4. The number of carbonyl (C=O) groups is 2. The Bertz CT molecular complexity index is 382. The van der Waals surface area contributed by atoms with Crippen LogP contribution in [-0.2, 0) is 14.3 Å². The van der Waals surface area contributed by atoms with Crippen LogP contribution >= 0.6 is 0 Å². The van der Waals surface area contributed by atoms with Crippen molar-refractivity contribution < 1.29 is 19.4 Å². The van der Waals surface area contributed by atoms with Gasteiger partial charge in [-0.25, -0.2) is 4.79 Å². The van der Waals surface area contributed by atoms with Crippen LogP contribution in [0.3, 0.4) is 0 Å². The molecule has 5 heteroatoms. The average molecular weight is 283 g/mol. The molecule has 0 aromatic rings. The largest absolute Gasteiger partial charge is 0.467 e. The van der Waals surface area contributed by atoms with Gasteiger partial charge in [-0.15, -0.1) is 0 Å². The number of fused-ring (bicyclic) bond motifs is 2. The van der Waals surface area contributed by atoms with Crippen LogP contribution in [0.25, 0.3) is 0 Å². The molecule has 0 aromatic heterocycles. The lowest BCUT2D eigenvalue weighted by atomic mass is 9.86. The molecular formula is C15H25NO4. The second-order valence-corrected chi connectivity index (χ2v) is 6.35. The molecule has 5 atom stereocenters. The Morgan fingerprint density at radius 3 is 2.50 bits per heavy atom. The monoisotopic (exact) mass is 283 g/mol. The highest BCUT2D eigenvalue weighted by Crippen LogP contribution is 2.49. The molecule has 1 N–H and O–H groups in total. The number of carbonyl (C=O) groups excluding carboxylic acids is 2. The van der Waals surface area contributed by atoms with Gasteiger partial charge in [-0.3, -0.25) is 4.79 Å². The summed E-state index contributed by atoms with van der Waals surface area (Å²) in [6, 6.07) is -0.911. The molecule has 2 saturated carbocycles. The summed E-state index contributed by atoms with van der Waals surface area (Å²) in [4.78, 5) is 25.4. The maximum atomic E-state index is 12.3. The van der Waals surface area contributed by atoms with Crippen LogP contribution in [0, 0.1) is 17.8 Å². The van der Waals surface area contributed by atoms with Gasteiger partial charge in [0.05, 0.1) is 13.2 Å². The number of hydrogen-bond donors (Lipinski definition) is 1. The molecule has 2 fully saturated rings. The van der Waals surface area contributed by atoms with Gasteiger partial charge < -0.3 is 14.7 Å². The Balaban J connectivity index is 1.95. The zero-order valence-corrected chi connectivity index (χ0v) is 12.5. The lowest BCUT2D eigenvalue weighted by Gasteiger charge is -2.30. The first-order valence-corrected chi connectivity index (χ1v) is 7.45. The van der Waals surface area contributed by atoms with Crippen LogP contribution in [0.4, 0.5) is 0 Å². The Morgan fingerprint density at radius 1 is 1.35 bits per heavy atom. The predicted molar refractivity (Wildman–Crippen MR) is 73.8 cm³/mol. The first-order valence-electron chi connectivity index (χ1n) is 7.45. The number of aliphatic hydroxyl groups is 1. The minimum absolute atomic E-state index is 0.0705. The molecule has 0 radical (unpaired) electrons. The Labute approximate surface area is 120 Å². The molecule has 114 valence electrons. The van der Waals surface area contributed by atoms with Crippen LogP contribution < -0.4 is 0 Å². The normalized spacial score (nSPS) is 30.9. The summed E-state index contributed by atoms with van der Waals surface area (Å²) >= 11 is 0. The van der Waals surface area contributed by atoms with Crippen LogP contribution in [-0.4, -0.2) is 48.2 Å². The van der Waals surface area contributed by atoms with Gasteiger partial charge in [0, 0.05) is 13.5 Å². The van der Waals surface area contributed by atoms with E-state index >= 15 is 0 Å². The number of esters is 1. The number of ether oxygens (including phenoxy) is 1. The van der Waals surface area contributed by atoms with Crippen molar-refractivity contribution in [2.45, 2.75) is 51.2 Å². The van der Waals surface area contributed by atoms with E-state index in [1.807, 2.05) is 0 Å². The van der Waals surface area contributed by atoms with E-state index in [-0.39, 0.29) is 5.91 Å². The molecule has 0 aliphatic heterocycles. The van der Waals surface area contributed by atoms with Crippen molar-refractivity contribution in [1.82, 2.24) is 4.90 Å². The number of nitrogens with zero attached hydrogens (tertiary/aromatic N) is 1. The molecule has 0 saturated heterocycles. The Morgan fingerprint density at radius 2 is 2.05 bits per heavy atom. The first-order chi connectivity index (χ1) is 9.43. The van der Waals surface area contributed by atoms with Crippen LogP contribution in [0.15, 0.2) is 0 Å². The molecule has 20 heavy (non-hydrogen) atoms. The SMILES string of the molecule is COC(=O)C(C(C)O)N(C)C(=O)CC1CC2CCC1C2. The summed E-state index contributed by atoms with van der Waals surface area (Å²) in [5.74, 6) is 1.30. The molecule has 2 aliphatic rings. The van der Waals surface area contributed by atoms with Crippen molar-refractivity contribution in [2.75, 3.05) is 14.2 Å². The fourth-order valence-corrected chi connectivity index (χ4v) is 3.95. The molecule has 1 amide bonds. The van der Waals surface area contributed by atoms with E-state index in [1.54, 1.807) is 7.05 Å². The van der Waals surface area contributed by atoms with Gasteiger partial charge in [0.15, 0.2) is 6.04 Å². The molecule has 5 unspecified atom stereocenters. The van der Waals surface area contributed by atoms with Crippen LogP contribution in [0.2, 0.25) is 0 Å². The zero-order chi connectivity index (χ0) is 14.9. The third-order valence-electron chi connectivity index (χ3n) is 5.03. The molecule has 0 heterocycles. The highest BCUT2D eigenvalue weighted by Gasteiger charge is 2.41. The van der Waals surface area contributed by atoms with Gasteiger partial charge in [-0.05, 0) is 43.9 Å². The van der Waals surface area contributed by atoms with Gasteiger partial charge in [-0.1, -0.05) is 6.42 Å². The van der Waals surface area contributed by atoms with Crippen molar-refractivity contribution in [3.05, 3.63) is 0 Å². The second-order valence-electron chi connectivity index (χ2n) is 6.35. The third-order valence-corrected chi connectivity index (χ3v) is 5.03. The average Bonchev–Trinajstić information content (AvgIpc) is 3.00. The van der Waals surface area contributed by atoms with Crippen LogP contribution in [0.5, 0.6) is 0 Å². The Hall–Kier alpha value is -1.10. The van der Waals surface area contributed by atoms with E-state index < -0.39 is 18.1 Å².